The lowest BCUT2D eigenvalue weighted by Crippen LogP contribution is -2.04. The standard InChI is InChI=1S/C17H19NO2/c1-10-7-13(5-6-15(10)18)16(19)14-8-11(2)17(20-4)12(3)9-14/h5-9H,18H2,1-4H3. The van der Waals surface area contributed by atoms with Crippen molar-refractivity contribution in [3.63, 3.8) is 0 Å². The Morgan fingerprint density at radius 3 is 2.00 bits per heavy atom. The molecule has 0 saturated carbocycles. The smallest absolute Gasteiger partial charge is 0.193 e. The van der Waals surface area contributed by atoms with Crippen LogP contribution in [-0.2, 0) is 0 Å². The van der Waals surface area contributed by atoms with E-state index in [0.29, 0.717) is 16.8 Å². The number of rotatable bonds is 3. The van der Waals surface area contributed by atoms with Crippen molar-refractivity contribution in [3.8, 4) is 5.75 Å². The number of methoxy groups -OCH3 is 1. The zero-order valence-electron chi connectivity index (χ0n) is 12.3. The fourth-order valence-corrected chi connectivity index (χ4v) is 2.39. The molecule has 0 bridgehead atoms. The van der Waals surface area contributed by atoms with E-state index >= 15 is 0 Å². The van der Waals surface area contributed by atoms with Crippen LogP contribution in [0.5, 0.6) is 5.75 Å². The molecule has 0 amide bonds. The van der Waals surface area contributed by atoms with Gasteiger partial charge in [-0.25, -0.2) is 0 Å². The average Bonchev–Trinajstić information content (AvgIpc) is 2.40. The van der Waals surface area contributed by atoms with Crippen LogP contribution < -0.4 is 10.5 Å². The van der Waals surface area contributed by atoms with Gasteiger partial charge in [-0.3, -0.25) is 4.79 Å². The highest BCUT2D eigenvalue weighted by atomic mass is 16.5. The van der Waals surface area contributed by atoms with Gasteiger partial charge in [0.1, 0.15) is 5.75 Å². The predicted molar refractivity (Wildman–Crippen MR) is 81.5 cm³/mol. The number of anilines is 1. The summed E-state index contributed by atoms with van der Waals surface area (Å²) in [7, 11) is 1.64. The number of aryl methyl sites for hydroxylation is 3. The molecule has 0 aliphatic heterocycles. The van der Waals surface area contributed by atoms with E-state index in [0.717, 1.165) is 22.4 Å². The van der Waals surface area contributed by atoms with E-state index < -0.39 is 0 Å². The molecule has 3 heteroatoms. The Balaban J connectivity index is 2.45. The second kappa shape index (κ2) is 5.37. The fraction of sp³-hybridized carbons (Fsp3) is 0.235. The highest BCUT2D eigenvalue weighted by molar-refractivity contribution is 6.09. The number of hydrogen-bond donors (Lipinski definition) is 1. The van der Waals surface area contributed by atoms with Gasteiger partial charge < -0.3 is 10.5 Å². The van der Waals surface area contributed by atoms with Gasteiger partial charge in [0.15, 0.2) is 5.78 Å². The number of ether oxygens (including phenoxy) is 1. The van der Waals surface area contributed by atoms with Gasteiger partial charge in [0.05, 0.1) is 7.11 Å². The van der Waals surface area contributed by atoms with Crippen molar-refractivity contribution in [2.24, 2.45) is 0 Å². The first-order chi connectivity index (χ1) is 9.43. The summed E-state index contributed by atoms with van der Waals surface area (Å²) in [6.07, 6.45) is 0. The summed E-state index contributed by atoms with van der Waals surface area (Å²) in [6.45, 7) is 5.78. The number of nitrogen functional groups attached to an aromatic ring is 1. The summed E-state index contributed by atoms with van der Waals surface area (Å²) in [6, 6.07) is 9.08. The molecule has 2 rings (SSSR count). The van der Waals surface area contributed by atoms with Crippen molar-refractivity contribution < 1.29 is 9.53 Å². The van der Waals surface area contributed by atoms with Gasteiger partial charge in [-0.1, -0.05) is 0 Å². The Bertz CT molecular complexity index is 652. The Labute approximate surface area is 119 Å². The molecule has 3 nitrogen and oxygen atoms in total. The number of carbonyl (C=O) groups excluding carboxylic acids is 1. The first-order valence-electron chi connectivity index (χ1n) is 6.50. The molecule has 2 N–H and O–H groups in total. The molecule has 2 aromatic rings. The number of nitrogens with two attached hydrogens (primary N) is 1. The lowest BCUT2D eigenvalue weighted by atomic mass is 9.97. The molecule has 0 aliphatic carbocycles. The molecule has 0 spiro atoms. The maximum absolute atomic E-state index is 12.5. The van der Waals surface area contributed by atoms with E-state index in [9.17, 15) is 4.79 Å². The SMILES string of the molecule is COc1c(C)cc(C(=O)c2ccc(N)c(C)c2)cc1C. The van der Waals surface area contributed by atoms with Gasteiger partial charge in [0.2, 0.25) is 0 Å². The molecule has 0 fully saturated rings. The van der Waals surface area contributed by atoms with E-state index in [1.165, 1.54) is 0 Å². The summed E-state index contributed by atoms with van der Waals surface area (Å²) in [5, 5.41) is 0. The summed E-state index contributed by atoms with van der Waals surface area (Å²) in [4.78, 5) is 12.5. The minimum atomic E-state index is 0.00181. The third-order valence-electron chi connectivity index (χ3n) is 3.46. The minimum Gasteiger partial charge on any atom is -0.496 e. The Kier molecular flexibility index (Phi) is 3.79. The Morgan fingerprint density at radius 1 is 0.950 bits per heavy atom. The fourth-order valence-electron chi connectivity index (χ4n) is 2.39. The average molecular weight is 269 g/mol. The third kappa shape index (κ3) is 2.52. The maximum atomic E-state index is 12.5. The predicted octanol–water partition coefficient (Wildman–Crippen LogP) is 3.43. The normalized spacial score (nSPS) is 10.4. The largest absolute Gasteiger partial charge is 0.496 e. The highest BCUT2D eigenvalue weighted by Gasteiger charge is 2.13. The lowest BCUT2D eigenvalue weighted by Gasteiger charge is -2.11. The number of benzene rings is 2. The van der Waals surface area contributed by atoms with Gasteiger partial charge in [-0.15, -0.1) is 0 Å². The highest BCUT2D eigenvalue weighted by Crippen LogP contribution is 2.26. The van der Waals surface area contributed by atoms with Crippen molar-refractivity contribution in [1.29, 1.82) is 0 Å². The molecular weight excluding hydrogens is 250 g/mol. The van der Waals surface area contributed by atoms with Gasteiger partial charge in [0.25, 0.3) is 0 Å². The third-order valence-corrected chi connectivity index (χ3v) is 3.46. The van der Waals surface area contributed by atoms with E-state index in [1.807, 2.05) is 39.0 Å². The molecule has 0 aromatic heterocycles. The van der Waals surface area contributed by atoms with Gasteiger partial charge in [0, 0.05) is 16.8 Å². The number of ketones is 1. The molecule has 0 saturated heterocycles. The topological polar surface area (TPSA) is 52.3 Å². The Morgan fingerprint density at radius 2 is 1.50 bits per heavy atom. The molecule has 104 valence electrons. The first kappa shape index (κ1) is 14.1. The molecule has 0 radical (unpaired) electrons. The summed E-state index contributed by atoms with van der Waals surface area (Å²) in [5.74, 6) is 0.831. The van der Waals surface area contributed by atoms with E-state index in [1.54, 1.807) is 19.2 Å². The van der Waals surface area contributed by atoms with Crippen molar-refractivity contribution >= 4 is 11.5 Å². The van der Waals surface area contributed by atoms with Crippen molar-refractivity contribution in [3.05, 3.63) is 58.1 Å². The van der Waals surface area contributed by atoms with Crippen LogP contribution in [0.4, 0.5) is 5.69 Å². The van der Waals surface area contributed by atoms with Gasteiger partial charge in [-0.2, -0.15) is 0 Å². The summed E-state index contributed by atoms with van der Waals surface area (Å²) >= 11 is 0. The first-order valence-corrected chi connectivity index (χ1v) is 6.50. The molecular formula is C17H19NO2. The van der Waals surface area contributed by atoms with Crippen molar-refractivity contribution in [2.75, 3.05) is 12.8 Å². The Hall–Kier alpha value is -2.29. The monoisotopic (exact) mass is 269 g/mol. The van der Waals surface area contributed by atoms with E-state index in [2.05, 4.69) is 0 Å². The second-order valence-corrected chi connectivity index (χ2v) is 5.04. The summed E-state index contributed by atoms with van der Waals surface area (Å²) in [5.41, 5.74) is 10.6. The van der Waals surface area contributed by atoms with E-state index in [-0.39, 0.29) is 5.78 Å². The van der Waals surface area contributed by atoms with E-state index in [4.69, 9.17) is 10.5 Å². The molecule has 20 heavy (non-hydrogen) atoms. The number of hydrogen-bond acceptors (Lipinski definition) is 3. The van der Waals surface area contributed by atoms with Crippen LogP contribution in [0.1, 0.15) is 32.6 Å². The van der Waals surface area contributed by atoms with Gasteiger partial charge >= 0.3 is 0 Å². The quantitative estimate of drug-likeness (QED) is 0.686. The van der Waals surface area contributed by atoms with Crippen LogP contribution in [0.2, 0.25) is 0 Å². The van der Waals surface area contributed by atoms with Crippen LogP contribution in [0, 0.1) is 20.8 Å². The van der Waals surface area contributed by atoms with Crippen LogP contribution in [-0.4, -0.2) is 12.9 Å². The van der Waals surface area contributed by atoms with Crippen LogP contribution in [0.15, 0.2) is 30.3 Å². The summed E-state index contributed by atoms with van der Waals surface area (Å²) < 4.78 is 5.32. The van der Waals surface area contributed by atoms with Crippen LogP contribution in [0.25, 0.3) is 0 Å². The zero-order valence-corrected chi connectivity index (χ0v) is 12.3. The van der Waals surface area contributed by atoms with Crippen molar-refractivity contribution in [1.82, 2.24) is 0 Å². The van der Waals surface area contributed by atoms with Crippen molar-refractivity contribution in [2.45, 2.75) is 20.8 Å². The lowest BCUT2D eigenvalue weighted by molar-refractivity contribution is 0.103. The van der Waals surface area contributed by atoms with Gasteiger partial charge in [-0.05, 0) is 67.8 Å². The maximum Gasteiger partial charge on any atom is 0.193 e. The minimum absolute atomic E-state index is 0.00181. The molecule has 0 unspecified atom stereocenters. The van der Waals surface area contributed by atoms with Crippen LogP contribution in [0.3, 0.4) is 0 Å². The number of carbonyl (C=O) groups is 1. The second-order valence-electron chi connectivity index (χ2n) is 5.04. The molecule has 0 heterocycles. The molecule has 2 aromatic carbocycles. The van der Waals surface area contributed by atoms with Crippen LogP contribution >= 0.6 is 0 Å². The molecule has 0 aliphatic rings. The molecule has 0 atom stereocenters. The zero-order chi connectivity index (χ0) is 14.9.